The predicted octanol–water partition coefficient (Wildman–Crippen LogP) is 5.86. The van der Waals surface area contributed by atoms with E-state index in [1.165, 1.54) is 11.3 Å². The van der Waals surface area contributed by atoms with E-state index in [4.69, 9.17) is 9.97 Å². The van der Waals surface area contributed by atoms with E-state index in [-0.39, 0.29) is 11.8 Å². The van der Waals surface area contributed by atoms with Crippen molar-refractivity contribution in [3.8, 4) is 11.3 Å². The van der Waals surface area contributed by atoms with Crippen molar-refractivity contribution in [3.63, 3.8) is 0 Å². The number of aromatic amines is 2. The van der Waals surface area contributed by atoms with Crippen LogP contribution in [0.4, 0.5) is 0 Å². The molecule has 0 saturated heterocycles. The molecule has 0 atom stereocenters. The molecule has 5 aromatic heterocycles. The molecule has 0 spiro atoms. The number of carbonyl (C=O) groups excluding carboxylic acids is 1. The van der Waals surface area contributed by atoms with Gasteiger partial charge in [0.15, 0.2) is 5.65 Å². The molecular formula is C26H20N8OS. The molecule has 0 unspecified atom stereocenters. The second-order valence-electron chi connectivity index (χ2n) is 9.21. The molecule has 5 aromatic rings. The average Bonchev–Trinajstić information content (AvgIpc) is 3.60. The minimum absolute atomic E-state index is 0.00848. The van der Waals surface area contributed by atoms with Gasteiger partial charge in [-0.05, 0) is 36.2 Å². The number of H-pyrrole nitrogens is 2. The largest absolute Gasteiger partial charge is 0.298 e. The van der Waals surface area contributed by atoms with Gasteiger partial charge in [0, 0.05) is 29.8 Å². The van der Waals surface area contributed by atoms with Gasteiger partial charge in [-0.1, -0.05) is 13.8 Å². The van der Waals surface area contributed by atoms with Crippen molar-refractivity contribution in [1.29, 1.82) is 0 Å². The molecule has 0 aromatic carbocycles. The fourth-order valence-corrected chi connectivity index (χ4v) is 5.62. The number of imidazole rings is 1. The number of thiophene rings is 1. The van der Waals surface area contributed by atoms with Gasteiger partial charge < -0.3 is 0 Å². The van der Waals surface area contributed by atoms with Gasteiger partial charge in [0.25, 0.3) is 0 Å². The highest BCUT2D eigenvalue weighted by Gasteiger charge is 2.16. The summed E-state index contributed by atoms with van der Waals surface area (Å²) in [5.41, 5.74) is 6.76. The number of aromatic nitrogens is 8. The molecule has 7 heterocycles. The van der Waals surface area contributed by atoms with Crippen LogP contribution < -0.4 is 0 Å². The predicted molar refractivity (Wildman–Crippen MR) is 142 cm³/mol. The molecule has 36 heavy (non-hydrogen) atoms. The number of hydrogen-bond donors (Lipinski definition) is 2. The molecule has 0 amide bonds. The first-order chi connectivity index (χ1) is 17.5. The highest BCUT2D eigenvalue weighted by molar-refractivity contribution is 7.24. The van der Waals surface area contributed by atoms with Crippen LogP contribution in [-0.4, -0.2) is 45.6 Å². The first-order valence-electron chi connectivity index (χ1n) is 11.6. The maximum absolute atomic E-state index is 13.5. The van der Waals surface area contributed by atoms with Gasteiger partial charge in [0.05, 0.1) is 39.2 Å². The maximum Gasteiger partial charge on any atom is 0.232 e. The lowest BCUT2D eigenvalue weighted by Crippen LogP contribution is -2.13. The van der Waals surface area contributed by atoms with Crippen LogP contribution in [0.15, 0.2) is 55.1 Å². The van der Waals surface area contributed by atoms with Crippen LogP contribution in [0.2, 0.25) is 0 Å². The minimum atomic E-state index is 0.00848. The van der Waals surface area contributed by atoms with Crippen LogP contribution in [0, 0.1) is 5.92 Å². The first-order valence-corrected chi connectivity index (χ1v) is 12.4. The van der Waals surface area contributed by atoms with Gasteiger partial charge in [-0.25, -0.2) is 9.97 Å². The third kappa shape index (κ3) is 3.22. The number of rotatable bonds is 2. The van der Waals surface area contributed by atoms with E-state index in [2.05, 4.69) is 25.1 Å². The van der Waals surface area contributed by atoms with Crippen molar-refractivity contribution < 1.29 is 4.79 Å². The van der Waals surface area contributed by atoms with Gasteiger partial charge in [-0.15, -0.1) is 11.3 Å². The lowest BCUT2D eigenvalue weighted by Gasteiger charge is -2.09. The molecule has 176 valence electrons. The fourth-order valence-electron chi connectivity index (χ4n) is 4.57. The van der Waals surface area contributed by atoms with Crippen LogP contribution in [0.1, 0.15) is 25.1 Å². The summed E-state index contributed by atoms with van der Waals surface area (Å²) in [6, 6.07) is 9.76. The van der Waals surface area contributed by atoms with Crippen molar-refractivity contribution in [3.05, 3.63) is 55.1 Å². The fraction of sp³-hybridized carbons (Fsp3) is 0.154. The van der Waals surface area contributed by atoms with Crippen molar-refractivity contribution in [2.24, 2.45) is 5.92 Å². The molecule has 2 N–H and O–H groups in total. The third-order valence-corrected chi connectivity index (χ3v) is 7.30. The van der Waals surface area contributed by atoms with Crippen LogP contribution in [0.5, 0.6) is 0 Å². The Morgan fingerprint density at radius 1 is 1.00 bits per heavy atom. The number of hydrogen-bond acceptors (Lipinski definition) is 7. The highest BCUT2D eigenvalue weighted by atomic mass is 32.1. The molecule has 2 aliphatic rings. The molecule has 8 bridgehead atoms. The van der Waals surface area contributed by atoms with Crippen LogP contribution in [0.25, 0.3) is 64.9 Å². The Morgan fingerprint density at radius 2 is 1.92 bits per heavy atom. The summed E-state index contributed by atoms with van der Waals surface area (Å²) in [4.78, 5) is 37.7. The summed E-state index contributed by atoms with van der Waals surface area (Å²) >= 11 is 1.50. The molecule has 10 heteroatoms. The summed E-state index contributed by atoms with van der Waals surface area (Å²) in [6.07, 6.45) is 7.42. The first kappa shape index (κ1) is 20.9. The average molecular weight is 493 g/mol. The third-order valence-electron chi connectivity index (χ3n) is 6.22. The Labute approximate surface area is 207 Å². The number of nitrogens with one attached hydrogen (secondary N) is 2. The summed E-state index contributed by atoms with van der Waals surface area (Å²) < 4.78 is 2.66. The standard InChI is InChI=1S/C26H20N8OS/c1-13(2)7-21(35)34-15-8-14(10-27-11-15)18-9-16-19(12-29-18)32-33-23(16)26-30-17-5-6-28-25(24(17)31-26)20-3-4-22(34)36-20/h3-6,8-13,32-33H,7H2,1-2H3. The van der Waals surface area contributed by atoms with Crippen LogP contribution in [0.3, 0.4) is 0 Å². The van der Waals surface area contributed by atoms with E-state index in [9.17, 15) is 4.79 Å². The molecule has 9 nitrogen and oxygen atoms in total. The molecular weight excluding hydrogens is 472 g/mol. The molecule has 0 aliphatic carbocycles. The highest BCUT2D eigenvalue weighted by Crippen LogP contribution is 2.32. The van der Waals surface area contributed by atoms with E-state index in [1.807, 2.05) is 44.2 Å². The summed E-state index contributed by atoms with van der Waals surface area (Å²) in [7, 11) is 0. The topological polar surface area (TPSA) is 118 Å². The van der Waals surface area contributed by atoms with Crippen molar-refractivity contribution in [1.82, 2.24) is 39.7 Å². The Balaban J connectivity index is 1.70. The zero-order valence-electron chi connectivity index (χ0n) is 19.5. The van der Waals surface area contributed by atoms with Gasteiger partial charge in [0.1, 0.15) is 21.6 Å². The maximum atomic E-state index is 13.5. The molecule has 0 saturated carbocycles. The van der Waals surface area contributed by atoms with Gasteiger partial charge in [-0.3, -0.25) is 34.5 Å². The van der Waals surface area contributed by atoms with Crippen molar-refractivity contribution >= 4 is 70.9 Å². The Morgan fingerprint density at radius 3 is 2.81 bits per heavy atom. The van der Waals surface area contributed by atoms with Gasteiger partial charge >= 0.3 is 0 Å². The number of nitrogens with zero attached hydrogens (tertiary/aromatic N) is 6. The normalized spacial score (nSPS) is 12.1. The molecule has 7 rings (SSSR count). The lowest BCUT2D eigenvalue weighted by molar-refractivity contribution is 0.0897. The second kappa shape index (κ2) is 7.79. The van der Waals surface area contributed by atoms with E-state index in [0.717, 1.165) is 53.8 Å². The molecule has 0 fully saturated rings. The van der Waals surface area contributed by atoms with E-state index < -0.39 is 0 Å². The number of fused-ring (bicyclic) bond motifs is 9. The lowest BCUT2D eigenvalue weighted by atomic mass is 10.1. The van der Waals surface area contributed by atoms with Crippen LogP contribution >= 0.6 is 11.3 Å². The van der Waals surface area contributed by atoms with E-state index >= 15 is 0 Å². The van der Waals surface area contributed by atoms with E-state index in [1.54, 1.807) is 29.4 Å². The Bertz CT molecular complexity index is 1990. The zero-order valence-corrected chi connectivity index (χ0v) is 20.3. The van der Waals surface area contributed by atoms with Gasteiger partial charge in [-0.2, -0.15) is 0 Å². The van der Waals surface area contributed by atoms with Gasteiger partial charge in [0.2, 0.25) is 5.91 Å². The number of carbonyl (C=O) groups is 1. The van der Waals surface area contributed by atoms with Crippen LogP contribution in [-0.2, 0) is 0 Å². The van der Waals surface area contributed by atoms with E-state index in [0.29, 0.717) is 17.6 Å². The zero-order chi connectivity index (χ0) is 24.4. The number of pyridine rings is 3. The summed E-state index contributed by atoms with van der Waals surface area (Å²) in [6.45, 7) is 4.09. The second-order valence-corrected chi connectivity index (χ2v) is 10.3. The monoisotopic (exact) mass is 492 g/mol. The Kier molecular flexibility index (Phi) is 4.52. The summed E-state index contributed by atoms with van der Waals surface area (Å²) in [5.74, 6) is 0.222. The SMILES string of the molecule is CC(C)CC(=O)n1c2cncc(c2)c2cc3c(cn2)[nH][nH]c-3c2nc3ccnc(c4ccc1s4)c3n2. The smallest absolute Gasteiger partial charge is 0.232 e. The van der Waals surface area contributed by atoms with Crippen molar-refractivity contribution in [2.45, 2.75) is 20.3 Å². The van der Waals surface area contributed by atoms with Crippen molar-refractivity contribution in [2.75, 3.05) is 0 Å². The summed E-state index contributed by atoms with van der Waals surface area (Å²) in [5, 5.41) is 7.18. The molecule has 0 radical (unpaired) electrons. The minimum Gasteiger partial charge on any atom is -0.298 e. The molecule has 2 aliphatic heterocycles. The quantitative estimate of drug-likeness (QED) is 0.312. The Hall–Kier alpha value is -4.44.